The van der Waals surface area contributed by atoms with Crippen LogP contribution in [0.2, 0.25) is 0 Å². The number of rotatable bonds is 11. The van der Waals surface area contributed by atoms with E-state index in [0.29, 0.717) is 13.2 Å². The maximum atomic E-state index is 11.8. The van der Waals surface area contributed by atoms with Gasteiger partial charge in [0.15, 0.2) is 0 Å². The van der Waals surface area contributed by atoms with E-state index >= 15 is 0 Å². The number of ether oxygens (including phenoxy) is 2. The average molecular weight is 437 g/mol. The van der Waals surface area contributed by atoms with Crippen LogP contribution < -0.4 is 16.2 Å². The molecule has 0 fully saturated rings. The molecule has 2 aromatic rings. The first-order valence-corrected chi connectivity index (χ1v) is 11.7. The summed E-state index contributed by atoms with van der Waals surface area (Å²) in [6, 6.07) is 17.1. The molecule has 0 bridgehead atoms. The van der Waals surface area contributed by atoms with Gasteiger partial charge in [-0.15, -0.1) is 0 Å². The topological polar surface area (TPSA) is 87.6 Å². The minimum atomic E-state index is -1.10. The monoisotopic (exact) mass is 436 g/mol. The van der Waals surface area contributed by atoms with Crippen LogP contribution in [0.5, 0.6) is 5.75 Å². The molecule has 1 aliphatic rings. The van der Waals surface area contributed by atoms with Crippen molar-refractivity contribution in [3.63, 3.8) is 0 Å². The molecule has 0 radical (unpaired) electrons. The number of unbranched alkanes of at least 4 members (excludes halogenated alkanes) is 3. The van der Waals surface area contributed by atoms with Gasteiger partial charge in [-0.25, -0.2) is 0 Å². The molecular formula is C27H36N2O3. The molecule has 4 N–H and O–H groups in total. The molecule has 0 heterocycles. The molecule has 0 saturated carbocycles. The summed E-state index contributed by atoms with van der Waals surface area (Å²) in [5.41, 5.74) is 15.5. The Bertz CT molecular complexity index is 906. The summed E-state index contributed by atoms with van der Waals surface area (Å²) in [6.07, 6.45) is 9.46. The van der Waals surface area contributed by atoms with Crippen molar-refractivity contribution < 1.29 is 14.3 Å². The molecule has 0 spiro atoms. The van der Waals surface area contributed by atoms with Crippen molar-refractivity contribution in [3.8, 4) is 5.75 Å². The summed E-state index contributed by atoms with van der Waals surface area (Å²) in [4.78, 5) is 11.8. The number of fused-ring (bicyclic) bond motifs is 1. The minimum Gasteiger partial charge on any atom is -0.494 e. The molecule has 172 valence electrons. The van der Waals surface area contributed by atoms with Crippen LogP contribution in [0.4, 0.5) is 0 Å². The van der Waals surface area contributed by atoms with E-state index in [4.69, 9.17) is 20.9 Å². The van der Waals surface area contributed by atoms with Crippen LogP contribution in [0.3, 0.4) is 0 Å². The van der Waals surface area contributed by atoms with E-state index in [1.54, 1.807) is 6.92 Å². The quantitative estimate of drug-likeness (QED) is 0.393. The van der Waals surface area contributed by atoms with E-state index in [2.05, 4.69) is 54.6 Å². The first-order valence-electron chi connectivity index (χ1n) is 11.7. The van der Waals surface area contributed by atoms with E-state index in [0.717, 1.165) is 50.7 Å². The van der Waals surface area contributed by atoms with Gasteiger partial charge in [0.1, 0.15) is 11.3 Å². The second-order valence-electron chi connectivity index (χ2n) is 8.77. The number of hydrogen-bond donors (Lipinski definition) is 2. The third-order valence-corrected chi connectivity index (χ3v) is 5.91. The maximum absolute atomic E-state index is 11.8. The molecule has 0 saturated heterocycles. The molecule has 1 aliphatic carbocycles. The molecule has 1 unspecified atom stereocenters. The zero-order valence-corrected chi connectivity index (χ0v) is 19.1. The van der Waals surface area contributed by atoms with Crippen LogP contribution in [0, 0.1) is 0 Å². The van der Waals surface area contributed by atoms with E-state index in [1.165, 1.54) is 22.3 Å². The molecule has 5 nitrogen and oxygen atoms in total. The molecule has 0 aromatic heterocycles. The highest BCUT2D eigenvalue weighted by atomic mass is 16.5. The van der Waals surface area contributed by atoms with Gasteiger partial charge in [0.25, 0.3) is 0 Å². The first-order chi connectivity index (χ1) is 15.5. The highest BCUT2D eigenvalue weighted by molar-refractivity contribution is 5.83. The number of nitrogens with two attached hydrogens (primary N) is 2. The third-order valence-electron chi connectivity index (χ3n) is 5.91. The van der Waals surface area contributed by atoms with Crippen molar-refractivity contribution in [1.82, 2.24) is 0 Å². The van der Waals surface area contributed by atoms with Crippen LogP contribution in [0.15, 0.2) is 48.5 Å². The summed E-state index contributed by atoms with van der Waals surface area (Å²) in [5.74, 6) is 0.510. The second kappa shape index (κ2) is 11.8. The summed E-state index contributed by atoms with van der Waals surface area (Å²) < 4.78 is 11.2. The maximum Gasteiger partial charge on any atom is 0.327 e. The molecule has 0 aliphatic heterocycles. The van der Waals surface area contributed by atoms with Gasteiger partial charge >= 0.3 is 5.97 Å². The predicted molar refractivity (Wildman–Crippen MR) is 130 cm³/mol. The van der Waals surface area contributed by atoms with Gasteiger partial charge in [0.05, 0.1) is 13.2 Å². The van der Waals surface area contributed by atoms with Crippen molar-refractivity contribution >= 4 is 17.6 Å². The first kappa shape index (κ1) is 24.0. The lowest BCUT2D eigenvalue weighted by Gasteiger charge is -2.19. The lowest BCUT2D eigenvalue weighted by atomic mass is 10.0. The summed E-state index contributed by atoms with van der Waals surface area (Å²) in [6.45, 7) is 2.75. The number of allylic oxidation sites excluding steroid dienone is 1. The van der Waals surface area contributed by atoms with Crippen LogP contribution in [0.1, 0.15) is 62.1 Å². The van der Waals surface area contributed by atoms with E-state index in [1.807, 2.05) is 0 Å². The Morgan fingerprint density at radius 1 is 1.00 bits per heavy atom. The zero-order valence-electron chi connectivity index (χ0n) is 19.1. The standard InChI is InChI=1S/C27H36N2O3/c1-27(29,20-28)26(30)32-17-8-3-2-7-16-31-25-15-14-24-18-22(12-9-13-23(24)19-25)21-10-5-4-6-11-21/h4-6,10-11,14-15,18-19H,2-3,7-9,12-13,16-17,20,28-29H2,1H3. The highest BCUT2D eigenvalue weighted by Gasteiger charge is 2.27. The van der Waals surface area contributed by atoms with E-state index in [9.17, 15) is 4.79 Å². The number of aryl methyl sites for hydroxylation is 1. The van der Waals surface area contributed by atoms with Gasteiger partial charge in [0, 0.05) is 6.54 Å². The lowest BCUT2D eigenvalue weighted by Crippen LogP contribution is -2.52. The fourth-order valence-electron chi connectivity index (χ4n) is 3.80. The Kier molecular flexibility index (Phi) is 8.89. The van der Waals surface area contributed by atoms with Crippen LogP contribution in [-0.4, -0.2) is 31.3 Å². The second-order valence-corrected chi connectivity index (χ2v) is 8.77. The summed E-state index contributed by atoms with van der Waals surface area (Å²) in [5, 5.41) is 0. The number of carbonyl (C=O) groups excluding carboxylic acids is 1. The number of benzene rings is 2. The van der Waals surface area contributed by atoms with Crippen molar-refractivity contribution in [2.75, 3.05) is 19.8 Å². The SMILES string of the molecule is CC(N)(CN)C(=O)OCCCCCCOc1ccc2c(c1)CCCC(c1ccccc1)=C2. The average Bonchev–Trinajstić information content (AvgIpc) is 3.03. The van der Waals surface area contributed by atoms with Gasteiger partial charge in [-0.05, 0) is 86.3 Å². The van der Waals surface area contributed by atoms with Crippen molar-refractivity contribution in [3.05, 3.63) is 65.2 Å². The predicted octanol–water partition coefficient (Wildman–Crippen LogP) is 4.72. The number of hydrogen-bond acceptors (Lipinski definition) is 5. The van der Waals surface area contributed by atoms with Crippen molar-refractivity contribution in [2.45, 2.75) is 57.4 Å². The Balaban J connectivity index is 1.39. The van der Waals surface area contributed by atoms with Crippen molar-refractivity contribution in [2.24, 2.45) is 11.5 Å². The number of esters is 1. The van der Waals surface area contributed by atoms with Crippen LogP contribution in [-0.2, 0) is 16.0 Å². The van der Waals surface area contributed by atoms with Crippen LogP contribution in [0.25, 0.3) is 11.6 Å². The van der Waals surface area contributed by atoms with Gasteiger partial charge in [-0.2, -0.15) is 0 Å². The van der Waals surface area contributed by atoms with Gasteiger partial charge in [0.2, 0.25) is 0 Å². The smallest absolute Gasteiger partial charge is 0.327 e. The molecule has 0 amide bonds. The molecule has 2 aromatic carbocycles. The summed E-state index contributed by atoms with van der Waals surface area (Å²) >= 11 is 0. The molecule has 32 heavy (non-hydrogen) atoms. The normalized spacial score (nSPS) is 15.2. The fraction of sp³-hybridized carbons (Fsp3) is 0.444. The Morgan fingerprint density at radius 3 is 2.50 bits per heavy atom. The minimum absolute atomic E-state index is 0.0797. The van der Waals surface area contributed by atoms with Gasteiger partial charge < -0.3 is 20.9 Å². The van der Waals surface area contributed by atoms with Crippen LogP contribution >= 0.6 is 0 Å². The van der Waals surface area contributed by atoms with E-state index < -0.39 is 11.5 Å². The van der Waals surface area contributed by atoms with Gasteiger partial charge in [-0.3, -0.25) is 4.79 Å². The highest BCUT2D eigenvalue weighted by Crippen LogP contribution is 2.31. The summed E-state index contributed by atoms with van der Waals surface area (Å²) in [7, 11) is 0. The Labute approximate surface area is 191 Å². The Hall–Kier alpha value is -2.63. The number of carbonyl (C=O) groups is 1. The van der Waals surface area contributed by atoms with E-state index in [-0.39, 0.29) is 6.54 Å². The van der Waals surface area contributed by atoms with Gasteiger partial charge in [-0.1, -0.05) is 42.5 Å². The fourth-order valence-corrected chi connectivity index (χ4v) is 3.80. The molecule has 1 atom stereocenters. The zero-order chi connectivity index (χ0) is 22.8. The lowest BCUT2D eigenvalue weighted by molar-refractivity contribution is -0.149. The third kappa shape index (κ3) is 6.94. The molecule has 3 rings (SSSR count). The largest absolute Gasteiger partial charge is 0.494 e. The molecule has 5 heteroatoms. The van der Waals surface area contributed by atoms with Crippen molar-refractivity contribution in [1.29, 1.82) is 0 Å². The molecular weight excluding hydrogens is 400 g/mol. The Morgan fingerprint density at radius 2 is 1.75 bits per heavy atom.